The van der Waals surface area contributed by atoms with Crippen molar-refractivity contribution in [2.45, 2.75) is 78.0 Å². The number of hydrogen-bond donors (Lipinski definition) is 0. The molecule has 0 aliphatic rings. The van der Waals surface area contributed by atoms with Crippen molar-refractivity contribution >= 4 is 49.0 Å². The standard InChI is InChI=1S/C32H49P3/c1-24(2)33(25(3)4)29-20-14-15-21-30(29)35(10,28-18-12-11-13-19-28)32-23-17-16-22-31(32)34(9,26(5)6)27(7)8/h11-27,34-35H,1-10H3. The van der Waals surface area contributed by atoms with Crippen LogP contribution in [0.2, 0.25) is 0 Å². The summed E-state index contributed by atoms with van der Waals surface area (Å²) in [7, 11) is -4.28. The molecule has 3 aromatic rings. The molecule has 0 spiro atoms. The Balaban J connectivity index is 2.46. The molecule has 0 fully saturated rings. The summed E-state index contributed by atoms with van der Waals surface area (Å²) in [6.45, 7) is 24.9. The van der Waals surface area contributed by atoms with Crippen LogP contribution >= 0.6 is 22.4 Å². The molecular weight excluding hydrogens is 477 g/mol. The van der Waals surface area contributed by atoms with Crippen LogP contribution in [0, 0.1) is 0 Å². The van der Waals surface area contributed by atoms with E-state index in [9.17, 15) is 0 Å². The van der Waals surface area contributed by atoms with Gasteiger partial charge in [-0.05, 0) is 0 Å². The van der Waals surface area contributed by atoms with E-state index in [2.05, 4.69) is 148 Å². The predicted molar refractivity (Wildman–Crippen MR) is 173 cm³/mol. The van der Waals surface area contributed by atoms with Crippen molar-refractivity contribution in [3.8, 4) is 0 Å². The Morgan fingerprint density at radius 3 is 1.43 bits per heavy atom. The first-order valence-electron chi connectivity index (χ1n) is 13.5. The van der Waals surface area contributed by atoms with Gasteiger partial charge in [-0.2, -0.15) is 0 Å². The van der Waals surface area contributed by atoms with Gasteiger partial charge in [-0.1, -0.05) is 0 Å². The third-order valence-corrected chi connectivity index (χ3v) is 23.2. The molecule has 0 radical (unpaired) electrons. The van der Waals surface area contributed by atoms with E-state index in [0.717, 1.165) is 0 Å². The fraction of sp³-hybridized carbons (Fsp3) is 0.438. The Labute approximate surface area is 218 Å². The van der Waals surface area contributed by atoms with Crippen LogP contribution < -0.4 is 26.5 Å². The first kappa shape index (κ1) is 28.5. The average Bonchev–Trinajstić information content (AvgIpc) is 2.83. The minimum absolute atomic E-state index is 0.256. The quantitative estimate of drug-likeness (QED) is 0.261. The second-order valence-corrected chi connectivity index (χ2v) is 24.4. The molecule has 0 N–H and O–H groups in total. The zero-order valence-electron chi connectivity index (χ0n) is 23.8. The molecule has 0 aromatic heterocycles. The van der Waals surface area contributed by atoms with Gasteiger partial charge < -0.3 is 0 Å². The fourth-order valence-electron chi connectivity index (χ4n) is 6.18. The fourth-order valence-corrected chi connectivity index (χ4v) is 19.3. The van der Waals surface area contributed by atoms with Crippen molar-refractivity contribution in [2.24, 2.45) is 0 Å². The Hall–Kier alpha value is -1.05. The minimum atomic E-state index is -2.27. The molecule has 0 bridgehead atoms. The van der Waals surface area contributed by atoms with E-state index < -0.39 is 14.5 Å². The maximum atomic E-state index is 2.64. The van der Waals surface area contributed by atoms with Gasteiger partial charge in [0.25, 0.3) is 0 Å². The van der Waals surface area contributed by atoms with E-state index in [1.165, 1.54) is 5.30 Å². The van der Waals surface area contributed by atoms with Gasteiger partial charge in [0.05, 0.1) is 0 Å². The van der Waals surface area contributed by atoms with Crippen LogP contribution in [0.25, 0.3) is 0 Å². The van der Waals surface area contributed by atoms with E-state index in [0.29, 0.717) is 22.6 Å². The summed E-state index contributed by atoms with van der Waals surface area (Å²) in [5.41, 5.74) is 2.72. The van der Waals surface area contributed by atoms with Gasteiger partial charge in [0, 0.05) is 0 Å². The monoisotopic (exact) mass is 526 g/mol. The van der Waals surface area contributed by atoms with Crippen LogP contribution in [0.1, 0.15) is 55.4 Å². The molecule has 3 heteroatoms. The molecule has 0 aliphatic heterocycles. The normalized spacial score (nSPS) is 13.9. The Bertz CT molecular complexity index is 1080. The summed E-state index contributed by atoms with van der Waals surface area (Å²) < 4.78 is 0. The van der Waals surface area contributed by atoms with Gasteiger partial charge >= 0.3 is 219 Å². The van der Waals surface area contributed by atoms with Gasteiger partial charge in [0.15, 0.2) is 0 Å². The van der Waals surface area contributed by atoms with Crippen molar-refractivity contribution in [3.63, 3.8) is 0 Å². The van der Waals surface area contributed by atoms with E-state index in [-0.39, 0.29) is 7.92 Å². The summed E-state index contributed by atoms with van der Waals surface area (Å²) in [5.74, 6) is 0. The van der Waals surface area contributed by atoms with Gasteiger partial charge in [-0.3, -0.25) is 0 Å². The van der Waals surface area contributed by atoms with Gasteiger partial charge in [0.1, 0.15) is 0 Å². The maximum absolute atomic E-state index is 2.64. The third kappa shape index (κ3) is 5.33. The number of benzene rings is 3. The third-order valence-electron chi connectivity index (χ3n) is 8.63. The summed E-state index contributed by atoms with van der Waals surface area (Å²) in [6, 6.07) is 30.7. The second kappa shape index (κ2) is 11.6. The zero-order chi connectivity index (χ0) is 26.0. The first-order chi connectivity index (χ1) is 16.5. The SMILES string of the molecule is CC(C)P(c1ccccc1[PH](C)(c1ccccc1)c1ccccc1[PH](C)(C(C)C)C(C)C)C(C)C. The Morgan fingerprint density at radius 1 is 0.514 bits per heavy atom. The molecule has 192 valence electrons. The predicted octanol–water partition coefficient (Wildman–Crippen LogP) is 7.09. The summed E-state index contributed by atoms with van der Waals surface area (Å²) >= 11 is 0. The first-order valence-corrected chi connectivity index (χ1v) is 20.1. The van der Waals surface area contributed by atoms with Crippen molar-refractivity contribution in [3.05, 3.63) is 78.9 Å². The van der Waals surface area contributed by atoms with E-state index >= 15 is 0 Å². The van der Waals surface area contributed by atoms with Crippen molar-refractivity contribution in [2.75, 3.05) is 13.3 Å². The Morgan fingerprint density at radius 2 is 0.943 bits per heavy atom. The van der Waals surface area contributed by atoms with E-state index in [1.807, 2.05) is 0 Å². The average molecular weight is 527 g/mol. The van der Waals surface area contributed by atoms with Crippen LogP contribution in [0.5, 0.6) is 0 Å². The van der Waals surface area contributed by atoms with Crippen molar-refractivity contribution < 1.29 is 0 Å². The van der Waals surface area contributed by atoms with Gasteiger partial charge in [0.2, 0.25) is 0 Å². The van der Waals surface area contributed by atoms with Crippen LogP contribution in [0.3, 0.4) is 0 Å². The van der Waals surface area contributed by atoms with Crippen molar-refractivity contribution in [1.29, 1.82) is 0 Å². The van der Waals surface area contributed by atoms with Crippen LogP contribution in [0.15, 0.2) is 78.9 Å². The van der Waals surface area contributed by atoms with Gasteiger partial charge in [-0.15, -0.1) is 0 Å². The molecule has 0 aliphatic carbocycles. The Kier molecular flexibility index (Phi) is 9.42. The molecule has 35 heavy (non-hydrogen) atoms. The molecule has 0 amide bonds. The molecule has 0 saturated carbocycles. The molecule has 0 atom stereocenters. The van der Waals surface area contributed by atoms with Gasteiger partial charge in [-0.25, -0.2) is 0 Å². The van der Waals surface area contributed by atoms with Crippen LogP contribution in [0.4, 0.5) is 0 Å². The van der Waals surface area contributed by atoms with E-state index in [4.69, 9.17) is 0 Å². The van der Waals surface area contributed by atoms with Crippen LogP contribution in [-0.2, 0) is 0 Å². The van der Waals surface area contributed by atoms with Crippen molar-refractivity contribution in [1.82, 2.24) is 0 Å². The molecule has 0 saturated heterocycles. The van der Waals surface area contributed by atoms with E-state index in [1.54, 1.807) is 21.2 Å². The molecule has 0 unspecified atom stereocenters. The molecule has 0 heterocycles. The summed E-state index contributed by atoms with van der Waals surface area (Å²) in [4.78, 5) is 0. The molecule has 0 nitrogen and oxygen atoms in total. The molecule has 3 rings (SSSR count). The topological polar surface area (TPSA) is 0 Å². The van der Waals surface area contributed by atoms with Crippen LogP contribution in [-0.4, -0.2) is 36.0 Å². The summed E-state index contributed by atoms with van der Waals surface area (Å²) in [6.07, 6.45) is 0. The number of rotatable bonds is 9. The molecule has 3 aromatic carbocycles. The number of hydrogen-bond acceptors (Lipinski definition) is 0. The second-order valence-electron chi connectivity index (χ2n) is 11.7. The molecular formula is C32H49P3. The zero-order valence-corrected chi connectivity index (χ0v) is 26.7. The summed E-state index contributed by atoms with van der Waals surface area (Å²) in [5, 5.41) is 8.15.